The zero-order chi connectivity index (χ0) is 45.0. The van der Waals surface area contributed by atoms with Gasteiger partial charge in [-0.05, 0) is 361 Å². The van der Waals surface area contributed by atoms with Crippen molar-refractivity contribution < 1.29 is 0 Å². The molecule has 336 valence electrons. The molecule has 0 amide bonds. The molecule has 0 nitrogen and oxygen atoms in total. The van der Waals surface area contributed by atoms with Gasteiger partial charge in [0.05, 0.1) is 4.75 Å². The molecule has 0 radical (unpaired) electrons. The van der Waals surface area contributed by atoms with Crippen LogP contribution in [0.2, 0.25) is 0 Å². The van der Waals surface area contributed by atoms with Crippen LogP contribution in [0.3, 0.4) is 0 Å². The molecule has 0 saturated heterocycles. The van der Waals surface area contributed by atoms with Crippen LogP contribution in [0.15, 0.2) is 17.0 Å². The lowest BCUT2D eigenvalue weighted by atomic mass is 9.39. The van der Waals surface area contributed by atoms with E-state index in [2.05, 4.69) is 69.6 Å². The van der Waals surface area contributed by atoms with E-state index in [1.807, 2.05) is 203 Å². The summed E-state index contributed by atoms with van der Waals surface area (Å²) in [6, 6.07) is 5.77. The number of hydrogen-bond donors (Lipinski definition) is 0. The number of hydrogen-bond acceptors (Lipinski definition) is 1. The van der Waals surface area contributed by atoms with Crippen molar-refractivity contribution in [3.63, 3.8) is 0 Å². The van der Waals surface area contributed by atoms with Gasteiger partial charge in [-0.1, -0.05) is 40.7 Å². The van der Waals surface area contributed by atoms with E-state index < -0.39 is 0 Å². The van der Waals surface area contributed by atoms with E-state index in [1.54, 1.807) is 16.0 Å². The second-order valence-corrected chi connectivity index (χ2v) is 33.7. The predicted molar refractivity (Wildman–Crippen MR) is 289 cm³/mol. The first-order valence-corrected chi connectivity index (χ1v) is 31.3. The summed E-state index contributed by atoms with van der Waals surface area (Å²) in [5.41, 5.74) is 50.1. The molecule has 22 aliphatic carbocycles. The van der Waals surface area contributed by atoms with Crippen LogP contribution in [0.4, 0.5) is 0 Å². The summed E-state index contributed by atoms with van der Waals surface area (Å²) in [5.74, 6) is 13.7. The van der Waals surface area contributed by atoms with Gasteiger partial charge in [-0.25, -0.2) is 0 Å². The zero-order valence-corrected chi connectivity index (χ0v) is 42.0. The standard InChI is InChI=1S/C73H38S/c1-8(2)10-6-9(71(3,4)5)7-11-66(10)72-67-58-50-40-30-22-14-12-13-16-20-18(14)26-34-28(20)38-32-24(16)25-17(13)21-19-15(12)23(22)31-37-27(19)35-29(21)39-33(25)43-42(32)54-48(38)56-46(34)52(44(50)36(26)30)60(67)62(56)69-64(54)65-55(43)49(39)57-47(35)53-45(37)51(41(31)40)59(58)68(72)61(53)63(57)70(65)73(69,72)74-11/h6-8,14,16,18,20,22,24,30,32,40-43,51,55,59,61,63,65,68,70H,1-5H3. The van der Waals surface area contributed by atoms with E-state index in [1.165, 1.54) is 0 Å². The molecule has 22 atom stereocenters. The Labute approximate surface area is 426 Å². The van der Waals surface area contributed by atoms with Crippen LogP contribution < -0.4 is 0 Å². The van der Waals surface area contributed by atoms with Crippen LogP contribution in [0.25, 0.3) is 97.3 Å². The molecule has 23 aliphatic rings. The van der Waals surface area contributed by atoms with Crippen molar-refractivity contribution in [2.24, 2.45) is 11.8 Å². The van der Waals surface area contributed by atoms with Gasteiger partial charge in [0.2, 0.25) is 0 Å². The molecule has 11 aromatic rings. The minimum Gasteiger partial charge on any atom is -0.112 e. The summed E-state index contributed by atoms with van der Waals surface area (Å²) in [6.45, 7) is 12.9. The van der Waals surface area contributed by atoms with Gasteiger partial charge in [0.15, 0.2) is 0 Å². The molecule has 2 spiro atoms. The monoisotopic (exact) mass is 946 g/mol. The highest BCUT2D eigenvalue weighted by atomic mass is 32.2. The van der Waals surface area contributed by atoms with Gasteiger partial charge in [0, 0.05) is 10.3 Å². The molecule has 1 heteroatoms. The fraction of sp³-hybridized carbons (Fsp3) is 0.397. The number of rotatable bonds is 1. The Morgan fingerprint density at radius 2 is 0.649 bits per heavy atom. The van der Waals surface area contributed by atoms with Crippen molar-refractivity contribution >= 4 is 97.9 Å². The van der Waals surface area contributed by atoms with Crippen LogP contribution >= 0.6 is 11.8 Å². The lowest BCUT2D eigenvalue weighted by molar-refractivity contribution is 0.0336. The van der Waals surface area contributed by atoms with Gasteiger partial charge in [-0.3, -0.25) is 0 Å². The van der Waals surface area contributed by atoms with Crippen molar-refractivity contribution in [2.45, 2.75) is 168 Å². The van der Waals surface area contributed by atoms with Gasteiger partial charge >= 0.3 is 0 Å². The lowest BCUT2D eigenvalue weighted by Crippen LogP contribution is -2.62. The summed E-state index contributed by atoms with van der Waals surface area (Å²) >= 11 is 2.62. The third-order valence-electron chi connectivity index (χ3n) is 31.8. The molecule has 34 rings (SSSR count). The maximum Gasteiger partial charge on any atom is 0.0645 e. The Morgan fingerprint density at radius 1 is 0.338 bits per heavy atom. The van der Waals surface area contributed by atoms with E-state index in [0.29, 0.717) is 124 Å². The average molecular weight is 947 g/mol. The Balaban J connectivity index is 0.993. The maximum atomic E-state index is 2.90. The van der Waals surface area contributed by atoms with E-state index in [4.69, 9.17) is 0 Å². The molecule has 1 saturated carbocycles. The summed E-state index contributed by atoms with van der Waals surface area (Å²) in [5, 5.41) is 30.8. The highest BCUT2D eigenvalue weighted by molar-refractivity contribution is 8.00. The van der Waals surface area contributed by atoms with Crippen LogP contribution in [-0.4, -0.2) is 0 Å². The van der Waals surface area contributed by atoms with Gasteiger partial charge in [0.25, 0.3) is 0 Å². The SMILES string of the molecule is CC(C)c1cc(C(C)(C)C)cc2c1C13c4c5c6c7c8c9c%10c%11c%12c%13c%14c%15c(c%16c%13c%10c7c4-%16)C1(S2)C1C%15C2c4c7c%10c%13c%15c%16c%17c%18c%19c%20c%21c%22c%23c(c4c4c%22c%19c%16c%104)C2C%14C%12C%23C%21C%11C9C%20C%18C8C6C%17C%15C5C3C%13C71. The van der Waals surface area contributed by atoms with Crippen LogP contribution in [0, 0.1) is 11.8 Å². The molecular formula is C73H38S. The van der Waals surface area contributed by atoms with Crippen LogP contribution in [0.1, 0.15) is 275 Å². The molecule has 0 N–H and O–H groups in total. The van der Waals surface area contributed by atoms with E-state index >= 15 is 0 Å². The average Bonchev–Trinajstić information content (AvgIpc) is 2.52. The van der Waals surface area contributed by atoms with Gasteiger partial charge in [-0.2, -0.15) is 0 Å². The van der Waals surface area contributed by atoms with Crippen molar-refractivity contribution in [3.05, 3.63) is 140 Å². The molecule has 22 unspecified atom stereocenters. The fourth-order valence-corrected chi connectivity index (χ4v) is 35.0. The third kappa shape index (κ3) is 1.75. The molecule has 1 aliphatic heterocycles. The van der Waals surface area contributed by atoms with E-state index in [0.717, 1.165) is 0 Å². The number of benzene rings is 10. The van der Waals surface area contributed by atoms with Crippen molar-refractivity contribution in [1.29, 1.82) is 0 Å². The highest BCUT2D eigenvalue weighted by Gasteiger charge is 2.90. The van der Waals surface area contributed by atoms with Crippen molar-refractivity contribution in [1.82, 2.24) is 0 Å². The minimum absolute atomic E-state index is 0.00341. The zero-order valence-electron chi connectivity index (χ0n) is 41.2. The minimum atomic E-state index is -0.00341. The Morgan fingerprint density at radius 3 is 1.07 bits per heavy atom. The van der Waals surface area contributed by atoms with Crippen LogP contribution in [0.5, 0.6) is 0 Å². The van der Waals surface area contributed by atoms with Crippen molar-refractivity contribution in [3.8, 4) is 11.1 Å². The van der Waals surface area contributed by atoms with Crippen molar-refractivity contribution in [2.75, 3.05) is 0 Å². The summed E-state index contributed by atoms with van der Waals surface area (Å²) in [6.07, 6.45) is 0. The smallest absolute Gasteiger partial charge is 0.0645 e. The van der Waals surface area contributed by atoms with Crippen LogP contribution in [-0.2, 0) is 15.6 Å². The summed E-state index contributed by atoms with van der Waals surface area (Å²) in [4.78, 5) is 1.77. The first-order valence-electron chi connectivity index (χ1n) is 30.4. The Bertz CT molecular complexity index is 5650. The summed E-state index contributed by atoms with van der Waals surface area (Å²) < 4.78 is 0.0308. The second-order valence-electron chi connectivity index (χ2n) is 32.5. The van der Waals surface area contributed by atoms with E-state index in [-0.39, 0.29) is 15.6 Å². The molecule has 0 bridgehead atoms. The molecule has 0 aromatic heterocycles. The summed E-state index contributed by atoms with van der Waals surface area (Å²) in [7, 11) is 0. The highest BCUT2D eigenvalue weighted by Crippen LogP contribution is 3.01. The molecule has 74 heavy (non-hydrogen) atoms. The van der Waals surface area contributed by atoms with Gasteiger partial charge < -0.3 is 0 Å². The fourth-order valence-electron chi connectivity index (χ4n) is 32.9. The normalized spacial score (nSPS) is 46.4. The molecular weight excluding hydrogens is 909 g/mol. The maximum absolute atomic E-state index is 2.90. The van der Waals surface area contributed by atoms with Gasteiger partial charge in [0.1, 0.15) is 0 Å². The lowest BCUT2D eigenvalue weighted by Gasteiger charge is -2.65. The molecule has 1 heterocycles. The topological polar surface area (TPSA) is 0 Å². The number of fused-ring (bicyclic) bond motifs is 1. The largest absolute Gasteiger partial charge is 0.112 e. The molecule has 11 aromatic carbocycles. The van der Waals surface area contributed by atoms with E-state index in [9.17, 15) is 0 Å². The predicted octanol–water partition coefficient (Wildman–Crippen LogP) is 16.9. The Kier molecular flexibility index (Phi) is 3.00. The van der Waals surface area contributed by atoms with Gasteiger partial charge in [-0.15, -0.1) is 11.8 Å². The first-order chi connectivity index (χ1) is 36.4. The second kappa shape index (κ2) is 7.17. The number of thioether (sulfide) groups is 1. The third-order valence-corrected chi connectivity index (χ3v) is 33.5. The Hall–Kier alpha value is -5.37. The quantitative estimate of drug-likeness (QED) is 0.148. The first kappa shape index (κ1) is 31.0. The molecule has 1 fully saturated rings.